The molecule has 0 aromatic heterocycles. The van der Waals surface area contributed by atoms with Gasteiger partial charge in [0.2, 0.25) is 0 Å². The second-order valence-corrected chi connectivity index (χ2v) is 5.60. The summed E-state index contributed by atoms with van der Waals surface area (Å²) >= 11 is 0. The number of ether oxygens (including phenoxy) is 2. The highest BCUT2D eigenvalue weighted by molar-refractivity contribution is 5.37. The van der Waals surface area contributed by atoms with E-state index in [1.54, 1.807) is 7.11 Å². The summed E-state index contributed by atoms with van der Waals surface area (Å²) in [6, 6.07) is 17.8. The smallest absolute Gasteiger partial charge is 0.127 e. The fraction of sp³-hybridized carbons (Fsp3) is 0.333. The van der Waals surface area contributed by atoms with Crippen LogP contribution in [0.15, 0.2) is 54.6 Å². The highest BCUT2D eigenvalue weighted by Crippen LogP contribution is 2.48. The average molecular weight is 284 g/mol. The third-order valence-electron chi connectivity index (χ3n) is 4.22. The minimum Gasteiger partial charge on any atom is -0.457 e. The quantitative estimate of drug-likeness (QED) is 0.909. The van der Waals surface area contributed by atoms with Crippen molar-refractivity contribution >= 4 is 0 Å². The molecule has 1 saturated carbocycles. The van der Waals surface area contributed by atoms with E-state index in [0.717, 1.165) is 29.9 Å². The zero-order chi connectivity index (χ0) is 14.7. The van der Waals surface area contributed by atoms with Crippen molar-refractivity contribution < 1.29 is 14.6 Å². The molecule has 0 saturated heterocycles. The maximum absolute atomic E-state index is 9.23. The van der Waals surface area contributed by atoms with E-state index in [9.17, 15) is 5.11 Å². The molecule has 0 heterocycles. The Morgan fingerprint density at radius 1 is 1.05 bits per heavy atom. The van der Waals surface area contributed by atoms with Gasteiger partial charge in [0.05, 0.1) is 5.60 Å². The molecular weight excluding hydrogens is 264 g/mol. The summed E-state index contributed by atoms with van der Waals surface area (Å²) in [6.07, 6.45) is 1.71. The Balaban J connectivity index is 1.80. The molecule has 1 fully saturated rings. The van der Waals surface area contributed by atoms with Crippen LogP contribution in [0.5, 0.6) is 11.5 Å². The Morgan fingerprint density at radius 3 is 2.43 bits per heavy atom. The molecule has 2 aromatic carbocycles. The third kappa shape index (κ3) is 2.80. The first-order valence-corrected chi connectivity index (χ1v) is 7.25. The Labute approximate surface area is 125 Å². The standard InChI is InChI=1S/C18H20O3/c1-20-18(11-14(12-18)13-19)15-6-5-9-17(10-15)21-16-7-3-2-4-8-16/h2-10,14,19H,11-13H2,1H3. The number of benzene rings is 2. The Bertz CT molecular complexity index is 588. The Hall–Kier alpha value is -1.84. The molecule has 2 aromatic rings. The van der Waals surface area contributed by atoms with Gasteiger partial charge in [0, 0.05) is 13.7 Å². The van der Waals surface area contributed by atoms with Gasteiger partial charge < -0.3 is 14.6 Å². The van der Waals surface area contributed by atoms with Crippen molar-refractivity contribution in [3.63, 3.8) is 0 Å². The van der Waals surface area contributed by atoms with Gasteiger partial charge in [-0.2, -0.15) is 0 Å². The maximum Gasteiger partial charge on any atom is 0.127 e. The summed E-state index contributed by atoms with van der Waals surface area (Å²) in [7, 11) is 1.73. The number of methoxy groups -OCH3 is 1. The molecule has 0 spiro atoms. The molecule has 1 aliphatic carbocycles. The zero-order valence-electron chi connectivity index (χ0n) is 12.2. The number of rotatable bonds is 5. The van der Waals surface area contributed by atoms with E-state index in [4.69, 9.17) is 9.47 Å². The molecule has 3 nitrogen and oxygen atoms in total. The van der Waals surface area contributed by atoms with Crippen LogP contribution in [-0.4, -0.2) is 18.8 Å². The molecule has 0 atom stereocenters. The van der Waals surface area contributed by atoms with Crippen LogP contribution in [0.4, 0.5) is 0 Å². The van der Waals surface area contributed by atoms with Gasteiger partial charge in [-0.05, 0) is 48.6 Å². The molecule has 0 bridgehead atoms. The van der Waals surface area contributed by atoms with Gasteiger partial charge in [-0.3, -0.25) is 0 Å². The first-order valence-electron chi connectivity index (χ1n) is 7.25. The Kier molecular flexibility index (Phi) is 3.95. The summed E-state index contributed by atoms with van der Waals surface area (Å²) in [5.74, 6) is 1.97. The van der Waals surface area contributed by atoms with Crippen molar-refractivity contribution in [3.8, 4) is 11.5 Å². The van der Waals surface area contributed by atoms with Crippen LogP contribution in [0.2, 0.25) is 0 Å². The van der Waals surface area contributed by atoms with E-state index < -0.39 is 0 Å². The van der Waals surface area contributed by atoms with E-state index in [0.29, 0.717) is 5.92 Å². The molecule has 3 heteroatoms. The van der Waals surface area contributed by atoms with E-state index >= 15 is 0 Å². The Morgan fingerprint density at radius 2 is 1.76 bits per heavy atom. The lowest BCUT2D eigenvalue weighted by molar-refractivity contribution is -0.122. The fourth-order valence-corrected chi connectivity index (χ4v) is 2.99. The highest BCUT2D eigenvalue weighted by Gasteiger charge is 2.45. The van der Waals surface area contributed by atoms with E-state index in [1.807, 2.05) is 48.5 Å². The SMILES string of the molecule is COC1(c2cccc(Oc3ccccc3)c2)CC(CO)C1. The van der Waals surface area contributed by atoms with Crippen LogP contribution < -0.4 is 4.74 Å². The molecular formula is C18H20O3. The average Bonchev–Trinajstić information content (AvgIpc) is 2.49. The zero-order valence-corrected chi connectivity index (χ0v) is 12.2. The van der Waals surface area contributed by atoms with Crippen molar-refractivity contribution in [2.45, 2.75) is 18.4 Å². The van der Waals surface area contributed by atoms with Gasteiger partial charge in [0.1, 0.15) is 11.5 Å². The monoisotopic (exact) mass is 284 g/mol. The van der Waals surface area contributed by atoms with Crippen LogP contribution >= 0.6 is 0 Å². The van der Waals surface area contributed by atoms with Crippen molar-refractivity contribution in [1.29, 1.82) is 0 Å². The lowest BCUT2D eigenvalue weighted by Crippen LogP contribution is -2.44. The molecule has 3 rings (SSSR count). The van der Waals surface area contributed by atoms with Gasteiger partial charge in [0.15, 0.2) is 0 Å². The van der Waals surface area contributed by atoms with Gasteiger partial charge in [-0.15, -0.1) is 0 Å². The predicted molar refractivity (Wildman–Crippen MR) is 81.5 cm³/mol. The lowest BCUT2D eigenvalue weighted by Gasteiger charge is -2.46. The topological polar surface area (TPSA) is 38.7 Å². The first kappa shape index (κ1) is 14.1. The summed E-state index contributed by atoms with van der Waals surface area (Å²) < 4.78 is 11.6. The van der Waals surface area contributed by atoms with Crippen molar-refractivity contribution in [3.05, 3.63) is 60.2 Å². The maximum atomic E-state index is 9.23. The molecule has 1 aliphatic rings. The van der Waals surface area contributed by atoms with Crippen LogP contribution in [0, 0.1) is 5.92 Å². The third-order valence-corrected chi connectivity index (χ3v) is 4.22. The van der Waals surface area contributed by atoms with Crippen molar-refractivity contribution in [2.75, 3.05) is 13.7 Å². The van der Waals surface area contributed by atoms with Gasteiger partial charge in [0.25, 0.3) is 0 Å². The van der Waals surface area contributed by atoms with Crippen molar-refractivity contribution in [1.82, 2.24) is 0 Å². The molecule has 0 unspecified atom stereocenters. The number of hydrogen-bond donors (Lipinski definition) is 1. The van der Waals surface area contributed by atoms with Gasteiger partial charge >= 0.3 is 0 Å². The van der Waals surface area contributed by atoms with Gasteiger partial charge in [-0.1, -0.05) is 30.3 Å². The highest BCUT2D eigenvalue weighted by atomic mass is 16.5. The van der Waals surface area contributed by atoms with Crippen molar-refractivity contribution in [2.24, 2.45) is 5.92 Å². The minimum atomic E-state index is -0.274. The summed E-state index contributed by atoms with van der Waals surface area (Å²) in [5, 5.41) is 9.23. The summed E-state index contributed by atoms with van der Waals surface area (Å²) in [5.41, 5.74) is 0.840. The second-order valence-electron chi connectivity index (χ2n) is 5.60. The molecule has 0 radical (unpaired) electrons. The number of para-hydroxylation sites is 1. The summed E-state index contributed by atoms with van der Waals surface area (Å²) in [6.45, 7) is 0.227. The van der Waals surface area contributed by atoms with Crippen LogP contribution in [-0.2, 0) is 10.3 Å². The predicted octanol–water partition coefficient (Wildman–Crippen LogP) is 3.72. The van der Waals surface area contributed by atoms with E-state index in [-0.39, 0.29) is 12.2 Å². The van der Waals surface area contributed by atoms with Crippen LogP contribution in [0.3, 0.4) is 0 Å². The normalized spacial score (nSPS) is 24.4. The number of aliphatic hydroxyl groups excluding tert-OH is 1. The molecule has 1 N–H and O–H groups in total. The molecule has 110 valence electrons. The largest absolute Gasteiger partial charge is 0.457 e. The minimum absolute atomic E-state index is 0.227. The second kappa shape index (κ2) is 5.88. The summed E-state index contributed by atoms with van der Waals surface area (Å²) in [4.78, 5) is 0. The van der Waals surface area contributed by atoms with E-state index in [1.165, 1.54) is 0 Å². The molecule has 0 aliphatic heterocycles. The molecule has 21 heavy (non-hydrogen) atoms. The molecule has 0 amide bonds. The number of hydrogen-bond acceptors (Lipinski definition) is 3. The van der Waals surface area contributed by atoms with E-state index in [2.05, 4.69) is 6.07 Å². The lowest BCUT2D eigenvalue weighted by atomic mass is 9.67. The first-order chi connectivity index (χ1) is 10.3. The number of aliphatic hydroxyl groups is 1. The van der Waals surface area contributed by atoms with Gasteiger partial charge in [-0.25, -0.2) is 0 Å². The van der Waals surface area contributed by atoms with Crippen LogP contribution in [0.25, 0.3) is 0 Å². The van der Waals surface area contributed by atoms with Crippen LogP contribution in [0.1, 0.15) is 18.4 Å². The fourth-order valence-electron chi connectivity index (χ4n) is 2.99.